The lowest BCUT2D eigenvalue weighted by Gasteiger charge is -2.25. The Bertz CT molecular complexity index is 671. The molecule has 1 aromatic carbocycles. The van der Waals surface area contributed by atoms with Crippen LogP contribution >= 0.6 is 23.7 Å². The van der Waals surface area contributed by atoms with E-state index in [1.807, 2.05) is 20.8 Å². The Kier molecular flexibility index (Phi) is 6.61. The third-order valence-corrected chi connectivity index (χ3v) is 4.05. The number of carbonyl (C=O) groups is 1. The van der Waals surface area contributed by atoms with E-state index < -0.39 is 6.04 Å². The highest BCUT2D eigenvalue weighted by atomic mass is 35.5. The molecule has 0 aliphatic rings. The lowest BCUT2D eigenvalue weighted by Crippen LogP contribution is -2.45. The molecule has 0 aliphatic carbocycles. The Balaban J connectivity index is 0.00000264. The summed E-state index contributed by atoms with van der Waals surface area (Å²) < 4.78 is 13.6. The smallest absolute Gasteiger partial charge is 0.243 e. The lowest BCUT2D eigenvalue weighted by molar-refractivity contribution is -0.119. The van der Waals surface area contributed by atoms with Crippen LogP contribution in [0.25, 0.3) is 0 Å². The van der Waals surface area contributed by atoms with Crippen LogP contribution in [0.2, 0.25) is 0 Å². The standard InChI is InChI=1S/C15H19FN4OS.ClH/c1-15(2,3)12(17)13(21)18-14-20-19-11(22-14)8-9-6-4-5-7-10(9)16;/h4-7,12H,8,17H2,1-3H3,(H,18,20,21);1H/t12-;/m1./s1. The van der Waals surface area contributed by atoms with Crippen molar-refractivity contribution in [3.05, 3.63) is 40.7 Å². The molecule has 1 aromatic heterocycles. The van der Waals surface area contributed by atoms with Crippen molar-refractivity contribution >= 4 is 34.8 Å². The second kappa shape index (κ2) is 7.81. The molecule has 5 nitrogen and oxygen atoms in total. The summed E-state index contributed by atoms with van der Waals surface area (Å²) in [4.78, 5) is 12.0. The van der Waals surface area contributed by atoms with E-state index in [1.165, 1.54) is 17.4 Å². The SMILES string of the molecule is CC(C)(C)[C@H](N)C(=O)Nc1nnc(Cc2ccccc2F)s1.Cl. The summed E-state index contributed by atoms with van der Waals surface area (Å²) >= 11 is 1.22. The monoisotopic (exact) mass is 358 g/mol. The number of halogens is 2. The van der Waals surface area contributed by atoms with Crippen LogP contribution in [0.3, 0.4) is 0 Å². The molecule has 8 heteroatoms. The predicted molar refractivity (Wildman–Crippen MR) is 92.4 cm³/mol. The van der Waals surface area contributed by atoms with Crippen LogP contribution < -0.4 is 11.1 Å². The van der Waals surface area contributed by atoms with E-state index in [9.17, 15) is 9.18 Å². The molecular weight excluding hydrogens is 339 g/mol. The average molecular weight is 359 g/mol. The van der Waals surface area contributed by atoms with E-state index in [-0.39, 0.29) is 29.5 Å². The van der Waals surface area contributed by atoms with Gasteiger partial charge < -0.3 is 5.73 Å². The maximum absolute atomic E-state index is 13.6. The van der Waals surface area contributed by atoms with E-state index in [1.54, 1.807) is 18.2 Å². The van der Waals surface area contributed by atoms with Gasteiger partial charge in [-0.05, 0) is 17.0 Å². The topological polar surface area (TPSA) is 80.9 Å². The van der Waals surface area contributed by atoms with Crippen LogP contribution in [0.1, 0.15) is 31.3 Å². The van der Waals surface area contributed by atoms with Gasteiger partial charge in [0.25, 0.3) is 0 Å². The zero-order valence-corrected chi connectivity index (χ0v) is 14.8. The number of aromatic nitrogens is 2. The van der Waals surface area contributed by atoms with Crippen molar-refractivity contribution in [2.75, 3.05) is 5.32 Å². The van der Waals surface area contributed by atoms with Gasteiger partial charge in [-0.1, -0.05) is 50.3 Å². The Labute approximate surface area is 144 Å². The first-order valence-electron chi connectivity index (χ1n) is 6.89. The molecule has 0 saturated carbocycles. The number of amides is 1. The van der Waals surface area contributed by atoms with Crippen LogP contribution in [0.4, 0.5) is 9.52 Å². The number of hydrogen-bond acceptors (Lipinski definition) is 5. The fraction of sp³-hybridized carbons (Fsp3) is 0.400. The van der Waals surface area contributed by atoms with Gasteiger partial charge in [-0.3, -0.25) is 10.1 Å². The number of nitrogens with two attached hydrogens (primary N) is 1. The minimum Gasteiger partial charge on any atom is -0.319 e. The minimum atomic E-state index is -0.647. The van der Waals surface area contributed by atoms with Gasteiger partial charge in [0.2, 0.25) is 11.0 Å². The van der Waals surface area contributed by atoms with E-state index >= 15 is 0 Å². The maximum Gasteiger partial charge on any atom is 0.243 e. The van der Waals surface area contributed by atoms with Crippen LogP contribution in [0.5, 0.6) is 0 Å². The fourth-order valence-corrected chi connectivity index (χ4v) is 2.52. The van der Waals surface area contributed by atoms with Gasteiger partial charge in [-0.15, -0.1) is 22.6 Å². The molecule has 0 saturated heterocycles. The Hall–Kier alpha value is -1.57. The summed E-state index contributed by atoms with van der Waals surface area (Å²) in [6.45, 7) is 5.67. The van der Waals surface area contributed by atoms with Gasteiger partial charge >= 0.3 is 0 Å². The number of carbonyl (C=O) groups excluding carboxylic acids is 1. The lowest BCUT2D eigenvalue weighted by atomic mass is 9.87. The molecule has 0 bridgehead atoms. The normalized spacial score (nSPS) is 12.4. The van der Waals surface area contributed by atoms with Crippen LogP contribution in [0, 0.1) is 11.2 Å². The quantitative estimate of drug-likeness (QED) is 0.880. The van der Waals surface area contributed by atoms with Crippen molar-refractivity contribution < 1.29 is 9.18 Å². The molecule has 0 aliphatic heterocycles. The predicted octanol–water partition coefficient (Wildman–Crippen LogP) is 3.00. The number of hydrogen-bond donors (Lipinski definition) is 2. The van der Waals surface area contributed by atoms with Crippen molar-refractivity contribution in [2.24, 2.45) is 11.1 Å². The van der Waals surface area contributed by atoms with Crippen LogP contribution in [0.15, 0.2) is 24.3 Å². The number of rotatable bonds is 4. The molecule has 0 fully saturated rings. The van der Waals surface area contributed by atoms with Gasteiger partial charge in [0.15, 0.2) is 0 Å². The van der Waals surface area contributed by atoms with Gasteiger partial charge in [0, 0.05) is 6.42 Å². The number of anilines is 1. The largest absolute Gasteiger partial charge is 0.319 e. The van der Waals surface area contributed by atoms with Gasteiger partial charge in [-0.2, -0.15) is 0 Å². The summed E-state index contributed by atoms with van der Waals surface area (Å²) in [6.07, 6.45) is 0.339. The minimum absolute atomic E-state index is 0. The Morgan fingerprint density at radius 3 is 2.61 bits per heavy atom. The summed E-state index contributed by atoms with van der Waals surface area (Å²) in [5.74, 6) is -0.584. The highest BCUT2D eigenvalue weighted by Gasteiger charge is 2.28. The first-order chi connectivity index (χ1) is 10.3. The molecule has 1 amide bonds. The fourth-order valence-electron chi connectivity index (χ4n) is 1.76. The number of nitrogens with zero attached hydrogens (tertiary/aromatic N) is 2. The van der Waals surface area contributed by atoms with Crippen LogP contribution in [-0.4, -0.2) is 22.1 Å². The average Bonchev–Trinajstić information content (AvgIpc) is 2.86. The number of benzene rings is 1. The summed E-state index contributed by atoms with van der Waals surface area (Å²) in [7, 11) is 0. The van der Waals surface area contributed by atoms with Crippen molar-refractivity contribution in [3.63, 3.8) is 0 Å². The van der Waals surface area contributed by atoms with Gasteiger partial charge in [-0.25, -0.2) is 4.39 Å². The maximum atomic E-state index is 13.6. The van der Waals surface area contributed by atoms with Crippen molar-refractivity contribution in [3.8, 4) is 0 Å². The molecule has 126 valence electrons. The van der Waals surface area contributed by atoms with Gasteiger partial charge in [0.05, 0.1) is 6.04 Å². The molecule has 0 radical (unpaired) electrons. The summed E-state index contributed by atoms with van der Waals surface area (Å²) in [5.41, 5.74) is 6.09. The third kappa shape index (κ3) is 5.23. The van der Waals surface area contributed by atoms with Crippen molar-refractivity contribution in [1.29, 1.82) is 0 Å². The molecule has 2 rings (SSSR count). The highest BCUT2D eigenvalue weighted by molar-refractivity contribution is 7.15. The van der Waals surface area contributed by atoms with Crippen molar-refractivity contribution in [1.82, 2.24) is 10.2 Å². The molecule has 2 aromatic rings. The first-order valence-corrected chi connectivity index (χ1v) is 7.71. The second-order valence-corrected chi connectivity index (χ2v) is 7.16. The van der Waals surface area contributed by atoms with Crippen LogP contribution in [-0.2, 0) is 11.2 Å². The molecule has 23 heavy (non-hydrogen) atoms. The highest BCUT2D eigenvalue weighted by Crippen LogP contribution is 2.22. The molecule has 1 heterocycles. The zero-order chi connectivity index (χ0) is 16.3. The summed E-state index contributed by atoms with van der Waals surface area (Å²) in [5, 5.41) is 11.5. The van der Waals surface area contributed by atoms with E-state index in [4.69, 9.17) is 5.73 Å². The molecule has 0 spiro atoms. The first kappa shape index (κ1) is 19.5. The summed E-state index contributed by atoms with van der Waals surface area (Å²) in [6, 6.07) is 5.86. The van der Waals surface area contributed by atoms with E-state index in [2.05, 4.69) is 15.5 Å². The molecule has 1 atom stereocenters. The van der Waals surface area contributed by atoms with E-state index in [0.717, 1.165) is 0 Å². The third-order valence-electron chi connectivity index (χ3n) is 3.21. The zero-order valence-electron chi connectivity index (χ0n) is 13.2. The van der Waals surface area contributed by atoms with Crippen molar-refractivity contribution in [2.45, 2.75) is 33.2 Å². The Morgan fingerprint density at radius 2 is 2.00 bits per heavy atom. The van der Waals surface area contributed by atoms with E-state index in [0.29, 0.717) is 22.1 Å². The van der Waals surface area contributed by atoms with Gasteiger partial charge in [0.1, 0.15) is 10.8 Å². The molecule has 3 N–H and O–H groups in total. The molecule has 0 unspecified atom stereocenters. The Morgan fingerprint density at radius 1 is 1.35 bits per heavy atom. The second-order valence-electron chi connectivity index (χ2n) is 6.10. The number of nitrogens with one attached hydrogen (secondary N) is 1. The molecular formula is C15H20ClFN4OS.